The Morgan fingerprint density at radius 3 is 2.50 bits per heavy atom. The van der Waals surface area contributed by atoms with Gasteiger partial charge >= 0.3 is 0 Å². The molecule has 3 rings (SSSR count). The van der Waals surface area contributed by atoms with Crippen LogP contribution in [0.1, 0.15) is 19.3 Å². The fourth-order valence-corrected chi connectivity index (χ4v) is 2.99. The van der Waals surface area contributed by atoms with Gasteiger partial charge in [0.25, 0.3) is 0 Å². The summed E-state index contributed by atoms with van der Waals surface area (Å²) in [4.78, 5) is 20.5. The highest BCUT2D eigenvalue weighted by Crippen LogP contribution is 2.33. The molecule has 0 spiro atoms. The zero-order chi connectivity index (χ0) is 14.1. The zero-order valence-corrected chi connectivity index (χ0v) is 11.5. The molecule has 3 heterocycles. The minimum absolute atomic E-state index is 0.00505. The smallest absolute Gasteiger partial charge is 0.236 e. The maximum atomic E-state index is 12.3. The molecule has 2 bridgehead atoms. The molecule has 20 heavy (non-hydrogen) atoms. The van der Waals surface area contributed by atoms with E-state index in [4.69, 9.17) is 9.47 Å². The van der Waals surface area contributed by atoms with E-state index in [0.29, 0.717) is 17.8 Å². The van der Waals surface area contributed by atoms with Crippen LogP contribution in [-0.4, -0.2) is 42.2 Å². The maximum Gasteiger partial charge on any atom is 0.236 e. The van der Waals surface area contributed by atoms with Gasteiger partial charge in [-0.2, -0.15) is 9.97 Å². The number of anilines is 1. The molecule has 1 aromatic heterocycles. The van der Waals surface area contributed by atoms with Gasteiger partial charge in [0, 0.05) is 12.1 Å². The van der Waals surface area contributed by atoms with Crippen molar-refractivity contribution in [2.24, 2.45) is 5.92 Å². The molecule has 108 valence electrons. The number of hydrogen-bond acceptors (Lipinski definition) is 6. The van der Waals surface area contributed by atoms with Gasteiger partial charge in [-0.15, -0.1) is 0 Å². The average Bonchev–Trinajstić information content (AvgIpc) is 3.09. The molecule has 0 radical (unpaired) electrons. The quantitative estimate of drug-likeness (QED) is 0.837. The van der Waals surface area contributed by atoms with Crippen molar-refractivity contribution in [2.75, 3.05) is 19.5 Å². The Morgan fingerprint density at radius 1 is 1.30 bits per heavy atom. The van der Waals surface area contributed by atoms with Crippen LogP contribution in [0.25, 0.3) is 0 Å². The Morgan fingerprint density at radius 2 is 2.00 bits per heavy atom. The van der Waals surface area contributed by atoms with Gasteiger partial charge < -0.3 is 14.8 Å². The summed E-state index contributed by atoms with van der Waals surface area (Å²) in [6.45, 7) is 0. The molecule has 1 amide bonds. The number of nitrogens with one attached hydrogen (secondary N) is 2. The summed E-state index contributed by atoms with van der Waals surface area (Å²) in [5.41, 5.74) is 0. The molecule has 2 saturated heterocycles. The van der Waals surface area contributed by atoms with Crippen LogP contribution in [0.3, 0.4) is 0 Å². The monoisotopic (exact) mass is 278 g/mol. The second-order valence-corrected chi connectivity index (χ2v) is 5.16. The van der Waals surface area contributed by atoms with Crippen molar-refractivity contribution in [1.82, 2.24) is 15.3 Å². The average molecular weight is 278 g/mol. The van der Waals surface area contributed by atoms with Crippen molar-refractivity contribution >= 4 is 11.9 Å². The lowest BCUT2D eigenvalue weighted by atomic mass is 9.88. The molecule has 0 aliphatic carbocycles. The fraction of sp³-hybridized carbons (Fsp3) is 0.615. The summed E-state index contributed by atoms with van der Waals surface area (Å²) >= 11 is 0. The van der Waals surface area contributed by atoms with Crippen molar-refractivity contribution in [2.45, 2.75) is 31.3 Å². The molecule has 2 aliphatic rings. The molecule has 2 aliphatic heterocycles. The zero-order valence-electron chi connectivity index (χ0n) is 11.5. The lowest BCUT2D eigenvalue weighted by Crippen LogP contribution is -2.33. The molecule has 0 saturated carbocycles. The normalized spacial score (nSPS) is 27.4. The first-order valence-corrected chi connectivity index (χ1v) is 6.73. The fourth-order valence-electron chi connectivity index (χ4n) is 2.99. The van der Waals surface area contributed by atoms with Gasteiger partial charge in [0.15, 0.2) is 0 Å². The van der Waals surface area contributed by atoms with E-state index >= 15 is 0 Å². The SMILES string of the molecule is COc1cc(OC)nc(NC(=O)C2CC3CCC2N3)n1. The molecular weight excluding hydrogens is 260 g/mol. The van der Waals surface area contributed by atoms with Crippen LogP contribution in [0.2, 0.25) is 0 Å². The van der Waals surface area contributed by atoms with Gasteiger partial charge in [0.1, 0.15) is 0 Å². The predicted octanol–water partition coefficient (Wildman–Crippen LogP) is 0.573. The summed E-state index contributed by atoms with van der Waals surface area (Å²) < 4.78 is 10.1. The van der Waals surface area contributed by atoms with Crippen LogP contribution in [0.5, 0.6) is 11.8 Å². The van der Waals surface area contributed by atoms with Crippen LogP contribution < -0.4 is 20.1 Å². The molecular formula is C13H18N4O3. The number of carbonyl (C=O) groups is 1. The van der Waals surface area contributed by atoms with Gasteiger partial charge in [0.2, 0.25) is 23.6 Å². The number of carbonyl (C=O) groups excluding carboxylic acids is 1. The van der Waals surface area contributed by atoms with Crippen molar-refractivity contribution in [3.8, 4) is 11.8 Å². The standard InChI is InChI=1S/C13H18N4O3/c1-19-10-6-11(20-2)16-13(15-10)17-12(18)8-5-7-3-4-9(8)14-7/h6-9,14H,3-5H2,1-2H3,(H,15,16,17,18). The summed E-state index contributed by atoms with van der Waals surface area (Å²) in [5, 5.41) is 6.20. The first-order chi connectivity index (χ1) is 9.69. The van der Waals surface area contributed by atoms with Crippen LogP contribution >= 0.6 is 0 Å². The van der Waals surface area contributed by atoms with E-state index in [9.17, 15) is 4.79 Å². The molecule has 1 aromatic rings. The summed E-state index contributed by atoms with van der Waals surface area (Å²) in [5.74, 6) is 0.889. The van der Waals surface area contributed by atoms with Gasteiger partial charge in [-0.1, -0.05) is 0 Å². The second kappa shape index (κ2) is 5.24. The van der Waals surface area contributed by atoms with E-state index in [1.807, 2.05) is 0 Å². The Labute approximate surface area is 117 Å². The highest BCUT2D eigenvalue weighted by atomic mass is 16.5. The lowest BCUT2D eigenvalue weighted by molar-refractivity contribution is -0.120. The van der Waals surface area contributed by atoms with Crippen molar-refractivity contribution in [1.29, 1.82) is 0 Å². The Bertz CT molecular complexity index is 500. The third-order valence-corrected chi connectivity index (χ3v) is 3.97. The van der Waals surface area contributed by atoms with E-state index in [0.717, 1.165) is 19.3 Å². The first-order valence-electron chi connectivity index (χ1n) is 6.73. The second-order valence-electron chi connectivity index (χ2n) is 5.16. The van der Waals surface area contributed by atoms with E-state index in [1.165, 1.54) is 14.2 Å². The number of methoxy groups -OCH3 is 2. The summed E-state index contributed by atoms with van der Waals surface area (Å²) in [6, 6.07) is 2.33. The molecule has 2 N–H and O–H groups in total. The Balaban J connectivity index is 1.72. The minimum atomic E-state index is -0.0417. The van der Waals surface area contributed by atoms with Gasteiger partial charge in [-0.05, 0) is 19.3 Å². The van der Waals surface area contributed by atoms with Crippen LogP contribution in [0.15, 0.2) is 6.07 Å². The topological polar surface area (TPSA) is 85.4 Å². The molecule has 3 unspecified atom stereocenters. The van der Waals surface area contributed by atoms with Gasteiger partial charge in [-0.25, -0.2) is 0 Å². The van der Waals surface area contributed by atoms with Gasteiger partial charge in [0.05, 0.1) is 26.2 Å². The number of ether oxygens (including phenoxy) is 2. The Kier molecular flexibility index (Phi) is 3.43. The lowest BCUT2D eigenvalue weighted by Gasteiger charge is -2.18. The molecule has 3 atom stereocenters. The molecule has 0 aromatic carbocycles. The number of aromatic nitrogens is 2. The molecule has 7 heteroatoms. The first kappa shape index (κ1) is 13.1. The highest BCUT2D eigenvalue weighted by molar-refractivity contribution is 5.92. The van der Waals surface area contributed by atoms with Crippen LogP contribution in [0, 0.1) is 5.92 Å². The number of amides is 1. The van der Waals surface area contributed by atoms with E-state index in [-0.39, 0.29) is 23.8 Å². The van der Waals surface area contributed by atoms with Gasteiger partial charge in [-0.3, -0.25) is 10.1 Å². The number of nitrogens with zero attached hydrogens (tertiary/aromatic N) is 2. The van der Waals surface area contributed by atoms with E-state index in [1.54, 1.807) is 6.07 Å². The molecule has 7 nitrogen and oxygen atoms in total. The third kappa shape index (κ3) is 2.40. The van der Waals surface area contributed by atoms with E-state index in [2.05, 4.69) is 20.6 Å². The minimum Gasteiger partial charge on any atom is -0.481 e. The predicted molar refractivity (Wildman–Crippen MR) is 71.8 cm³/mol. The van der Waals surface area contributed by atoms with Crippen molar-refractivity contribution < 1.29 is 14.3 Å². The largest absolute Gasteiger partial charge is 0.481 e. The highest BCUT2D eigenvalue weighted by Gasteiger charge is 2.42. The number of fused-ring (bicyclic) bond motifs is 2. The number of hydrogen-bond donors (Lipinski definition) is 2. The Hall–Kier alpha value is -1.89. The molecule has 2 fully saturated rings. The van der Waals surface area contributed by atoms with Crippen molar-refractivity contribution in [3.63, 3.8) is 0 Å². The van der Waals surface area contributed by atoms with Crippen LogP contribution in [0.4, 0.5) is 5.95 Å². The van der Waals surface area contributed by atoms with Crippen molar-refractivity contribution in [3.05, 3.63) is 6.07 Å². The third-order valence-electron chi connectivity index (χ3n) is 3.97. The van der Waals surface area contributed by atoms with Crippen LogP contribution in [-0.2, 0) is 4.79 Å². The van der Waals surface area contributed by atoms with E-state index < -0.39 is 0 Å². The maximum absolute atomic E-state index is 12.3. The number of rotatable bonds is 4. The summed E-state index contributed by atoms with van der Waals surface area (Å²) in [7, 11) is 3.01. The summed E-state index contributed by atoms with van der Waals surface area (Å²) in [6.07, 6.45) is 3.11.